The number of para-hydroxylation sites is 1. The SMILES string of the molecule is CN(CCN1CCN(c2ccccc2)CC1)CC1CCNCC1.Cl. The fourth-order valence-corrected chi connectivity index (χ4v) is 3.78. The number of halogens is 1. The van der Waals surface area contributed by atoms with E-state index in [9.17, 15) is 0 Å². The van der Waals surface area contributed by atoms with Crippen LogP contribution in [-0.2, 0) is 0 Å². The van der Waals surface area contributed by atoms with Gasteiger partial charge in [0.25, 0.3) is 0 Å². The topological polar surface area (TPSA) is 21.8 Å². The average molecular weight is 353 g/mol. The number of anilines is 1. The number of piperazine rings is 1. The number of piperidine rings is 1. The molecule has 2 saturated heterocycles. The minimum Gasteiger partial charge on any atom is -0.369 e. The maximum Gasteiger partial charge on any atom is 0.0367 e. The van der Waals surface area contributed by atoms with Crippen LogP contribution in [0.15, 0.2) is 30.3 Å². The Balaban J connectivity index is 0.00000208. The van der Waals surface area contributed by atoms with Gasteiger partial charge in [0.1, 0.15) is 0 Å². The first kappa shape index (κ1) is 19.5. The van der Waals surface area contributed by atoms with Gasteiger partial charge in [0, 0.05) is 51.5 Å². The summed E-state index contributed by atoms with van der Waals surface area (Å²) < 4.78 is 0. The van der Waals surface area contributed by atoms with Crippen LogP contribution in [0, 0.1) is 5.92 Å². The Morgan fingerprint density at radius 3 is 2.38 bits per heavy atom. The molecule has 5 heteroatoms. The summed E-state index contributed by atoms with van der Waals surface area (Å²) in [7, 11) is 2.29. The quantitative estimate of drug-likeness (QED) is 0.846. The van der Waals surface area contributed by atoms with E-state index in [0.29, 0.717) is 0 Å². The first-order valence-corrected chi connectivity index (χ1v) is 9.23. The third-order valence-electron chi connectivity index (χ3n) is 5.32. The van der Waals surface area contributed by atoms with Gasteiger partial charge in [-0.05, 0) is 51.0 Å². The molecule has 3 rings (SSSR count). The third kappa shape index (κ3) is 5.92. The molecule has 0 radical (unpaired) electrons. The number of hydrogen-bond donors (Lipinski definition) is 1. The van der Waals surface area contributed by atoms with Crippen molar-refractivity contribution < 1.29 is 0 Å². The Bertz CT molecular complexity index is 442. The predicted octanol–water partition coefficient (Wildman–Crippen LogP) is 2.16. The van der Waals surface area contributed by atoms with Crippen LogP contribution >= 0.6 is 12.4 Å². The number of nitrogens with one attached hydrogen (secondary N) is 1. The van der Waals surface area contributed by atoms with E-state index >= 15 is 0 Å². The van der Waals surface area contributed by atoms with Gasteiger partial charge in [-0.2, -0.15) is 0 Å². The van der Waals surface area contributed by atoms with Crippen LogP contribution in [0.1, 0.15) is 12.8 Å². The largest absolute Gasteiger partial charge is 0.369 e. The number of likely N-dealkylation sites (N-methyl/N-ethyl adjacent to an activating group) is 1. The van der Waals surface area contributed by atoms with Crippen molar-refractivity contribution in [1.29, 1.82) is 0 Å². The van der Waals surface area contributed by atoms with E-state index in [1.807, 2.05) is 0 Å². The van der Waals surface area contributed by atoms with Crippen LogP contribution in [0.2, 0.25) is 0 Å². The lowest BCUT2D eigenvalue weighted by Crippen LogP contribution is -2.48. The second-order valence-corrected chi connectivity index (χ2v) is 7.12. The Morgan fingerprint density at radius 2 is 1.71 bits per heavy atom. The highest BCUT2D eigenvalue weighted by Gasteiger charge is 2.18. The second kappa shape index (κ2) is 10.2. The number of benzene rings is 1. The van der Waals surface area contributed by atoms with Crippen LogP contribution < -0.4 is 10.2 Å². The summed E-state index contributed by atoms with van der Waals surface area (Å²) in [6.07, 6.45) is 2.69. The first-order valence-electron chi connectivity index (χ1n) is 9.23. The Kier molecular flexibility index (Phi) is 8.33. The van der Waals surface area contributed by atoms with Gasteiger partial charge < -0.3 is 15.1 Å². The van der Waals surface area contributed by atoms with Crippen molar-refractivity contribution in [3.63, 3.8) is 0 Å². The zero-order valence-corrected chi connectivity index (χ0v) is 15.8. The number of rotatable bonds is 6. The minimum absolute atomic E-state index is 0. The highest BCUT2D eigenvalue weighted by atomic mass is 35.5. The molecule has 0 atom stereocenters. The van der Waals surface area contributed by atoms with E-state index in [2.05, 4.69) is 57.4 Å². The van der Waals surface area contributed by atoms with Crippen molar-refractivity contribution >= 4 is 18.1 Å². The summed E-state index contributed by atoms with van der Waals surface area (Å²) in [4.78, 5) is 7.67. The molecule has 136 valence electrons. The normalized spacial score (nSPS) is 20.2. The van der Waals surface area contributed by atoms with Crippen LogP contribution in [0.4, 0.5) is 5.69 Å². The molecule has 2 fully saturated rings. The molecule has 2 heterocycles. The van der Waals surface area contributed by atoms with Crippen molar-refractivity contribution in [3.8, 4) is 0 Å². The molecule has 1 aromatic carbocycles. The molecule has 4 nitrogen and oxygen atoms in total. The van der Waals surface area contributed by atoms with Crippen molar-refractivity contribution in [3.05, 3.63) is 30.3 Å². The molecule has 0 aromatic heterocycles. The lowest BCUT2D eigenvalue weighted by molar-refractivity contribution is 0.190. The van der Waals surface area contributed by atoms with Crippen LogP contribution in [0.25, 0.3) is 0 Å². The molecule has 0 amide bonds. The van der Waals surface area contributed by atoms with E-state index in [0.717, 1.165) is 19.0 Å². The van der Waals surface area contributed by atoms with E-state index in [1.165, 1.54) is 64.3 Å². The van der Waals surface area contributed by atoms with Crippen molar-refractivity contribution in [1.82, 2.24) is 15.1 Å². The molecule has 2 aliphatic heterocycles. The number of nitrogens with zero attached hydrogens (tertiary/aromatic N) is 3. The van der Waals surface area contributed by atoms with Crippen molar-refractivity contribution in [2.75, 3.05) is 70.9 Å². The average Bonchev–Trinajstić information content (AvgIpc) is 2.62. The summed E-state index contributed by atoms with van der Waals surface area (Å²) in [6, 6.07) is 10.8. The van der Waals surface area contributed by atoms with Gasteiger partial charge in [-0.1, -0.05) is 18.2 Å². The Morgan fingerprint density at radius 1 is 1.04 bits per heavy atom. The summed E-state index contributed by atoms with van der Waals surface area (Å²) in [6.45, 7) is 10.8. The minimum atomic E-state index is 0. The van der Waals surface area contributed by atoms with Gasteiger partial charge >= 0.3 is 0 Å². The van der Waals surface area contributed by atoms with Gasteiger partial charge in [-0.25, -0.2) is 0 Å². The number of hydrogen-bond acceptors (Lipinski definition) is 4. The molecule has 1 N–H and O–H groups in total. The molecule has 0 unspecified atom stereocenters. The van der Waals surface area contributed by atoms with E-state index < -0.39 is 0 Å². The van der Waals surface area contributed by atoms with Gasteiger partial charge in [0.15, 0.2) is 0 Å². The van der Waals surface area contributed by atoms with Crippen molar-refractivity contribution in [2.45, 2.75) is 12.8 Å². The second-order valence-electron chi connectivity index (χ2n) is 7.12. The molecule has 24 heavy (non-hydrogen) atoms. The molecular weight excluding hydrogens is 320 g/mol. The molecule has 0 aliphatic carbocycles. The maximum atomic E-state index is 3.46. The Labute approximate surface area is 153 Å². The fraction of sp³-hybridized carbons (Fsp3) is 0.684. The molecule has 0 bridgehead atoms. The third-order valence-corrected chi connectivity index (χ3v) is 5.32. The summed E-state index contributed by atoms with van der Waals surface area (Å²) in [5.41, 5.74) is 1.37. The lowest BCUT2D eigenvalue weighted by Gasteiger charge is -2.37. The highest BCUT2D eigenvalue weighted by Crippen LogP contribution is 2.16. The van der Waals surface area contributed by atoms with Gasteiger partial charge in [-0.15, -0.1) is 12.4 Å². The van der Waals surface area contributed by atoms with E-state index in [-0.39, 0.29) is 12.4 Å². The first-order chi connectivity index (χ1) is 11.3. The zero-order valence-electron chi connectivity index (χ0n) is 15.0. The van der Waals surface area contributed by atoms with Gasteiger partial charge in [0.05, 0.1) is 0 Å². The summed E-state index contributed by atoms with van der Waals surface area (Å²) in [5, 5.41) is 3.46. The molecular formula is C19H33ClN4. The predicted molar refractivity (Wildman–Crippen MR) is 105 cm³/mol. The summed E-state index contributed by atoms with van der Waals surface area (Å²) >= 11 is 0. The molecule has 1 aromatic rings. The van der Waals surface area contributed by atoms with Crippen molar-refractivity contribution in [2.24, 2.45) is 5.92 Å². The van der Waals surface area contributed by atoms with E-state index in [1.54, 1.807) is 0 Å². The van der Waals surface area contributed by atoms with Crippen LogP contribution in [-0.4, -0.2) is 75.8 Å². The van der Waals surface area contributed by atoms with Gasteiger partial charge in [0.2, 0.25) is 0 Å². The Hall–Kier alpha value is -0.810. The smallest absolute Gasteiger partial charge is 0.0367 e. The van der Waals surface area contributed by atoms with E-state index in [4.69, 9.17) is 0 Å². The van der Waals surface area contributed by atoms with Gasteiger partial charge in [-0.3, -0.25) is 4.90 Å². The monoisotopic (exact) mass is 352 g/mol. The van der Waals surface area contributed by atoms with Crippen LogP contribution in [0.3, 0.4) is 0 Å². The van der Waals surface area contributed by atoms with Crippen LogP contribution in [0.5, 0.6) is 0 Å². The zero-order chi connectivity index (χ0) is 15.9. The lowest BCUT2D eigenvalue weighted by atomic mass is 9.98. The standard InChI is InChI=1S/C19H32N4.ClH/c1-21(17-18-7-9-20-10-8-18)11-12-22-13-15-23(16-14-22)19-5-3-2-4-6-19;/h2-6,18,20H,7-17H2,1H3;1H. The fourth-order valence-electron chi connectivity index (χ4n) is 3.78. The molecule has 0 saturated carbocycles. The molecule has 2 aliphatic rings. The molecule has 0 spiro atoms. The summed E-state index contributed by atoms with van der Waals surface area (Å²) in [5.74, 6) is 0.899. The maximum absolute atomic E-state index is 3.46. The highest BCUT2D eigenvalue weighted by molar-refractivity contribution is 5.85.